The third kappa shape index (κ3) is 6.25. The lowest BCUT2D eigenvalue weighted by molar-refractivity contribution is 0.0953. The van der Waals surface area contributed by atoms with Crippen LogP contribution in [0.2, 0.25) is 0 Å². The van der Waals surface area contributed by atoms with Crippen LogP contribution >= 0.6 is 0 Å². The van der Waals surface area contributed by atoms with Gasteiger partial charge in [0.15, 0.2) is 5.69 Å². The van der Waals surface area contributed by atoms with Crippen LogP contribution in [0.1, 0.15) is 66.9 Å². The Balaban J connectivity index is 2.00. The standard InChI is InChI=1S/C23H29N5O3/c1-4-5-6-7-8-9-14-25-21(29)17-10-12-18(13-11-17)26-27-20-16(2)19(15-24)22(30)28(3)23(20)31/h10-13,30H,4-9,14H2,1-3H3,(H,25,29). The van der Waals surface area contributed by atoms with Crippen molar-refractivity contribution in [1.29, 1.82) is 5.26 Å². The third-order valence-electron chi connectivity index (χ3n) is 5.10. The van der Waals surface area contributed by atoms with Crippen molar-refractivity contribution in [1.82, 2.24) is 9.88 Å². The maximum absolute atomic E-state index is 12.3. The van der Waals surface area contributed by atoms with Crippen molar-refractivity contribution in [3.05, 3.63) is 51.3 Å². The first-order chi connectivity index (χ1) is 14.9. The Bertz CT molecular complexity index is 1030. The van der Waals surface area contributed by atoms with E-state index in [4.69, 9.17) is 0 Å². The van der Waals surface area contributed by atoms with Gasteiger partial charge in [0.05, 0.1) is 5.69 Å². The highest BCUT2D eigenvalue weighted by Gasteiger charge is 2.17. The molecule has 31 heavy (non-hydrogen) atoms. The molecule has 0 unspecified atom stereocenters. The largest absolute Gasteiger partial charge is 0.493 e. The van der Waals surface area contributed by atoms with E-state index >= 15 is 0 Å². The molecular formula is C23H29N5O3. The predicted octanol–water partition coefficient (Wildman–Crippen LogP) is 4.78. The van der Waals surface area contributed by atoms with E-state index in [0.717, 1.165) is 17.4 Å². The van der Waals surface area contributed by atoms with E-state index < -0.39 is 11.4 Å². The molecule has 0 bridgehead atoms. The normalized spacial score (nSPS) is 10.9. The Labute approximate surface area is 182 Å². The molecule has 164 valence electrons. The highest BCUT2D eigenvalue weighted by molar-refractivity contribution is 5.94. The number of nitrogens with zero attached hydrogens (tertiary/aromatic N) is 4. The Morgan fingerprint density at radius 3 is 2.42 bits per heavy atom. The van der Waals surface area contributed by atoms with Gasteiger partial charge in [0.25, 0.3) is 11.5 Å². The fraction of sp³-hybridized carbons (Fsp3) is 0.435. The average molecular weight is 424 g/mol. The Morgan fingerprint density at radius 1 is 1.13 bits per heavy atom. The van der Waals surface area contributed by atoms with E-state index in [1.165, 1.54) is 39.7 Å². The molecule has 2 rings (SSSR count). The maximum Gasteiger partial charge on any atom is 0.281 e. The molecule has 0 atom stereocenters. The molecule has 2 aromatic rings. The monoisotopic (exact) mass is 423 g/mol. The number of benzene rings is 1. The summed E-state index contributed by atoms with van der Waals surface area (Å²) in [5.41, 5.74) is 0.654. The number of carbonyl (C=O) groups excluding carboxylic acids is 1. The zero-order valence-corrected chi connectivity index (χ0v) is 18.3. The summed E-state index contributed by atoms with van der Waals surface area (Å²) in [6.07, 6.45) is 7.00. The van der Waals surface area contributed by atoms with Gasteiger partial charge in [0.2, 0.25) is 5.88 Å². The number of pyridine rings is 1. The summed E-state index contributed by atoms with van der Waals surface area (Å²) in [7, 11) is 1.36. The molecule has 0 spiro atoms. The van der Waals surface area contributed by atoms with Crippen molar-refractivity contribution in [3.63, 3.8) is 0 Å². The topological polar surface area (TPSA) is 120 Å². The van der Waals surface area contributed by atoms with Crippen LogP contribution in [-0.4, -0.2) is 22.1 Å². The molecule has 1 aromatic heterocycles. The van der Waals surface area contributed by atoms with Crippen molar-refractivity contribution < 1.29 is 9.90 Å². The number of hydrogen-bond acceptors (Lipinski definition) is 6. The van der Waals surface area contributed by atoms with E-state index in [2.05, 4.69) is 22.5 Å². The molecule has 0 aliphatic rings. The molecule has 8 heteroatoms. The average Bonchev–Trinajstić information content (AvgIpc) is 2.77. The number of aromatic hydroxyl groups is 1. The van der Waals surface area contributed by atoms with Crippen molar-refractivity contribution in [2.45, 2.75) is 52.4 Å². The van der Waals surface area contributed by atoms with Gasteiger partial charge in [0.1, 0.15) is 11.6 Å². The van der Waals surface area contributed by atoms with Gasteiger partial charge in [-0.25, -0.2) is 0 Å². The Morgan fingerprint density at radius 2 is 1.77 bits per heavy atom. The van der Waals surface area contributed by atoms with Gasteiger partial charge in [0, 0.05) is 24.7 Å². The minimum Gasteiger partial charge on any atom is -0.493 e. The summed E-state index contributed by atoms with van der Waals surface area (Å²) in [4.78, 5) is 24.6. The molecule has 0 aliphatic heterocycles. The summed E-state index contributed by atoms with van der Waals surface area (Å²) in [5.74, 6) is -0.542. The van der Waals surface area contributed by atoms with Gasteiger partial charge >= 0.3 is 0 Å². The zero-order valence-electron chi connectivity index (χ0n) is 18.3. The van der Waals surface area contributed by atoms with E-state index in [1.807, 2.05) is 6.07 Å². The number of hydrogen-bond donors (Lipinski definition) is 2. The van der Waals surface area contributed by atoms with Gasteiger partial charge in [-0.1, -0.05) is 39.0 Å². The summed E-state index contributed by atoms with van der Waals surface area (Å²) < 4.78 is 0.956. The fourth-order valence-electron chi connectivity index (χ4n) is 3.12. The van der Waals surface area contributed by atoms with Crippen molar-refractivity contribution in [2.75, 3.05) is 6.54 Å². The summed E-state index contributed by atoms with van der Waals surface area (Å²) in [5, 5.41) is 30.0. The second-order valence-electron chi connectivity index (χ2n) is 7.42. The van der Waals surface area contributed by atoms with Crippen LogP contribution in [0.4, 0.5) is 11.4 Å². The SMILES string of the molecule is CCCCCCCCNC(=O)c1ccc(N=Nc2c(C)c(C#N)c(O)n(C)c2=O)cc1. The van der Waals surface area contributed by atoms with Crippen LogP contribution in [0.25, 0.3) is 0 Å². The number of unbranched alkanes of at least 4 members (excludes halogenated alkanes) is 5. The highest BCUT2D eigenvalue weighted by atomic mass is 16.3. The number of nitriles is 1. The molecule has 0 saturated heterocycles. The molecule has 0 saturated carbocycles. The van der Waals surface area contributed by atoms with Gasteiger partial charge in [-0.3, -0.25) is 14.2 Å². The number of azo groups is 1. The van der Waals surface area contributed by atoms with Crippen LogP contribution in [-0.2, 0) is 7.05 Å². The van der Waals surface area contributed by atoms with E-state index in [-0.39, 0.29) is 22.7 Å². The molecule has 1 aromatic carbocycles. The van der Waals surface area contributed by atoms with Crippen molar-refractivity contribution in [2.24, 2.45) is 17.3 Å². The quantitative estimate of drug-likeness (QED) is 0.422. The predicted molar refractivity (Wildman–Crippen MR) is 119 cm³/mol. The lowest BCUT2D eigenvalue weighted by atomic mass is 10.1. The van der Waals surface area contributed by atoms with Crippen LogP contribution in [0.5, 0.6) is 5.88 Å². The fourth-order valence-corrected chi connectivity index (χ4v) is 3.12. The number of amides is 1. The van der Waals surface area contributed by atoms with Gasteiger partial charge in [-0.2, -0.15) is 10.4 Å². The van der Waals surface area contributed by atoms with Gasteiger partial charge in [-0.15, -0.1) is 5.11 Å². The van der Waals surface area contributed by atoms with Crippen LogP contribution in [0, 0.1) is 18.3 Å². The Kier molecular flexibility index (Phi) is 8.94. The number of nitrogens with one attached hydrogen (secondary N) is 1. The molecule has 1 heterocycles. The first-order valence-electron chi connectivity index (χ1n) is 10.5. The summed E-state index contributed by atoms with van der Waals surface area (Å²) in [6, 6.07) is 8.43. The molecule has 0 fully saturated rings. The third-order valence-corrected chi connectivity index (χ3v) is 5.10. The molecule has 0 aliphatic carbocycles. The second-order valence-corrected chi connectivity index (χ2v) is 7.42. The smallest absolute Gasteiger partial charge is 0.281 e. The van der Waals surface area contributed by atoms with Crippen LogP contribution in [0.15, 0.2) is 39.3 Å². The van der Waals surface area contributed by atoms with Crippen molar-refractivity contribution >= 4 is 17.3 Å². The maximum atomic E-state index is 12.3. The van der Waals surface area contributed by atoms with Crippen LogP contribution < -0.4 is 10.9 Å². The lowest BCUT2D eigenvalue weighted by Gasteiger charge is -2.08. The van der Waals surface area contributed by atoms with E-state index in [0.29, 0.717) is 17.8 Å². The number of rotatable bonds is 10. The minimum absolute atomic E-state index is 0.0161. The summed E-state index contributed by atoms with van der Waals surface area (Å²) >= 11 is 0. The first-order valence-corrected chi connectivity index (χ1v) is 10.5. The first kappa shape index (κ1) is 23.8. The molecule has 2 N–H and O–H groups in total. The van der Waals surface area contributed by atoms with E-state index in [9.17, 15) is 20.0 Å². The van der Waals surface area contributed by atoms with Crippen molar-refractivity contribution in [3.8, 4) is 11.9 Å². The minimum atomic E-state index is -0.552. The second kappa shape index (κ2) is 11.6. The highest BCUT2D eigenvalue weighted by Crippen LogP contribution is 2.26. The molecule has 0 radical (unpaired) electrons. The summed E-state index contributed by atoms with van der Waals surface area (Å²) in [6.45, 7) is 4.37. The zero-order chi connectivity index (χ0) is 22.8. The van der Waals surface area contributed by atoms with Gasteiger partial charge < -0.3 is 10.4 Å². The van der Waals surface area contributed by atoms with Gasteiger partial charge in [-0.05, 0) is 37.6 Å². The molecule has 8 nitrogen and oxygen atoms in total. The van der Waals surface area contributed by atoms with E-state index in [1.54, 1.807) is 24.3 Å². The van der Waals surface area contributed by atoms with Crippen LogP contribution in [0.3, 0.4) is 0 Å². The molecule has 1 amide bonds. The lowest BCUT2D eigenvalue weighted by Crippen LogP contribution is -2.24. The number of aromatic nitrogens is 1. The molecular weight excluding hydrogens is 394 g/mol. The Hall–Kier alpha value is -3.47. The number of carbonyl (C=O) groups is 1.